The van der Waals surface area contributed by atoms with E-state index in [0.29, 0.717) is 10.8 Å². The highest BCUT2D eigenvalue weighted by Gasteiger charge is 2.59. The number of hydrogen-bond donors (Lipinski definition) is 0. The van der Waals surface area contributed by atoms with Crippen LogP contribution in [-0.4, -0.2) is 0 Å². The van der Waals surface area contributed by atoms with Gasteiger partial charge >= 0.3 is 0 Å². The first-order chi connectivity index (χ1) is 13.3. The largest absolute Gasteiger partial charge is 0.125 e. The Hall–Kier alpha value is -0.480. The molecule has 0 heterocycles. The summed E-state index contributed by atoms with van der Waals surface area (Å²) in [5, 5.41) is 0. The molecule has 0 amide bonds. The van der Waals surface area contributed by atoms with Gasteiger partial charge in [-0.1, -0.05) is 60.8 Å². The molecule has 0 N–H and O–H groups in total. The zero-order chi connectivity index (χ0) is 20.1. The van der Waals surface area contributed by atoms with Gasteiger partial charge in [0.05, 0.1) is 0 Å². The van der Waals surface area contributed by atoms with Crippen molar-refractivity contribution in [3.05, 3.63) is 17.4 Å². The molecule has 4 aliphatic carbocycles. The van der Waals surface area contributed by atoms with Crippen LogP contribution in [0.25, 0.3) is 0 Å². The van der Waals surface area contributed by atoms with Crippen LogP contribution in [0.5, 0.6) is 0 Å². The van der Waals surface area contributed by atoms with Gasteiger partial charge in [0, 0.05) is 0 Å². The van der Waals surface area contributed by atoms with Crippen molar-refractivity contribution in [2.75, 3.05) is 0 Å². The van der Waals surface area contributed by atoms with Gasteiger partial charge < -0.3 is 0 Å². The smallest absolute Gasteiger partial charge is 0.000398 e. The number of fused-ring (bicyclic) bond motifs is 5. The molecule has 4 rings (SSSR count). The molecular formula is C28H46. The molecule has 3 fully saturated rings. The Morgan fingerprint density at radius 1 is 1.04 bits per heavy atom. The standard InChI is InChI=1S/C28H46/c1-19(2)8-7-9-21(4)24-14-15-25-23-13-12-22-11-10-20(3)18-28(22,6)26(23)16-17-27(24,25)5/h10,19-21,23-26H,7-9,12-18H2,1-6H3/t20?,21-,23+,24-,25+,26+,27-,28+/m1/s1. The minimum absolute atomic E-state index is 0.458. The Morgan fingerprint density at radius 3 is 2.57 bits per heavy atom. The second kappa shape index (κ2) is 7.65. The van der Waals surface area contributed by atoms with Gasteiger partial charge in [0.1, 0.15) is 0 Å². The van der Waals surface area contributed by atoms with Crippen molar-refractivity contribution >= 4 is 0 Å². The summed E-state index contributed by atoms with van der Waals surface area (Å²) in [6.45, 7) is 15.1. The number of allylic oxidation sites excluding steroid dienone is 1. The van der Waals surface area contributed by atoms with Crippen LogP contribution in [0, 0.1) is 52.3 Å². The highest BCUT2D eigenvalue weighted by Crippen LogP contribution is 2.67. The number of hydrogen-bond acceptors (Lipinski definition) is 0. The Morgan fingerprint density at radius 2 is 1.82 bits per heavy atom. The van der Waals surface area contributed by atoms with E-state index in [2.05, 4.69) is 53.3 Å². The Balaban J connectivity index is 1.50. The molecule has 0 aliphatic heterocycles. The monoisotopic (exact) mass is 382 g/mol. The lowest BCUT2D eigenvalue weighted by molar-refractivity contribution is -0.0601. The maximum Gasteiger partial charge on any atom is -0.000398 e. The molecule has 0 aromatic rings. The van der Waals surface area contributed by atoms with Gasteiger partial charge in [-0.25, -0.2) is 0 Å². The molecule has 0 nitrogen and oxygen atoms in total. The molecule has 8 atom stereocenters. The fraction of sp³-hybridized carbons (Fsp3) is 0.893. The van der Waals surface area contributed by atoms with Crippen LogP contribution in [0.4, 0.5) is 0 Å². The van der Waals surface area contributed by atoms with E-state index < -0.39 is 0 Å². The Labute approximate surface area is 175 Å². The van der Waals surface area contributed by atoms with Gasteiger partial charge in [0.2, 0.25) is 0 Å². The second-order valence-electron chi connectivity index (χ2n) is 12.3. The Bertz CT molecular complexity index is 634. The summed E-state index contributed by atoms with van der Waals surface area (Å²) in [6.07, 6.45) is 16.9. The molecule has 1 unspecified atom stereocenters. The fourth-order valence-corrected chi connectivity index (χ4v) is 8.81. The molecule has 0 aromatic heterocycles. The van der Waals surface area contributed by atoms with Crippen molar-refractivity contribution in [2.24, 2.45) is 52.3 Å². The maximum absolute atomic E-state index is 3.76. The molecule has 0 saturated heterocycles. The highest BCUT2D eigenvalue weighted by molar-refractivity contribution is 5.24. The lowest BCUT2D eigenvalue weighted by Gasteiger charge is -2.58. The molecule has 0 aromatic carbocycles. The van der Waals surface area contributed by atoms with E-state index in [9.17, 15) is 0 Å². The van der Waals surface area contributed by atoms with Crippen LogP contribution in [0.1, 0.15) is 106 Å². The summed E-state index contributed by atoms with van der Waals surface area (Å²) in [5.74, 6) is 6.44. The minimum atomic E-state index is 0.458. The van der Waals surface area contributed by atoms with E-state index in [1.54, 1.807) is 5.57 Å². The van der Waals surface area contributed by atoms with E-state index in [0.717, 1.165) is 41.4 Å². The van der Waals surface area contributed by atoms with Gasteiger partial charge in [-0.3, -0.25) is 0 Å². The van der Waals surface area contributed by atoms with Crippen LogP contribution in [0.15, 0.2) is 17.4 Å². The molecule has 0 radical (unpaired) electrons. The van der Waals surface area contributed by atoms with E-state index in [-0.39, 0.29) is 0 Å². The van der Waals surface area contributed by atoms with Crippen molar-refractivity contribution in [3.8, 4) is 0 Å². The van der Waals surface area contributed by atoms with Gasteiger partial charge in [0.15, 0.2) is 0 Å². The second-order valence-corrected chi connectivity index (χ2v) is 12.3. The summed E-state index contributed by atoms with van der Waals surface area (Å²) in [7, 11) is 0. The van der Waals surface area contributed by atoms with Crippen LogP contribution in [0.3, 0.4) is 0 Å². The van der Waals surface area contributed by atoms with Gasteiger partial charge in [-0.15, -0.1) is 5.73 Å². The SMILES string of the molecule is CC(C)CCC[C@@H](C)[C@H]1CC[C@H]2[C@@H]3CCC4=C=CC(C)C[C@]4(C)[C@H]3CC[C@]12C. The summed E-state index contributed by atoms with van der Waals surface area (Å²) < 4.78 is 0. The fourth-order valence-electron chi connectivity index (χ4n) is 8.81. The van der Waals surface area contributed by atoms with Crippen LogP contribution < -0.4 is 0 Å². The molecule has 158 valence electrons. The first-order valence-corrected chi connectivity index (χ1v) is 12.7. The molecule has 0 spiro atoms. The summed E-state index contributed by atoms with van der Waals surface area (Å²) in [6, 6.07) is 0. The molecular weight excluding hydrogens is 336 g/mol. The van der Waals surface area contributed by atoms with Crippen molar-refractivity contribution in [3.63, 3.8) is 0 Å². The third-order valence-corrected chi connectivity index (χ3v) is 10.2. The quantitative estimate of drug-likeness (QED) is 0.418. The Kier molecular flexibility index (Phi) is 5.68. The third-order valence-electron chi connectivity index (χ3n) is 10.2. The van der Waals surface area contributed by atoms with Gasteiger partial charge in [-0.2, -0.15) is 0 Å². The van der Waals surface area contributed by atoms with Crippen molar-refractivity contribution in [1.82, 2.24) is 0 Å². The highest BCUT2D eigenvalue weighted by atomic mass is 14.6. The van der Waals surface area contributed by atoms with Crippen LogP contribution in [0.2, 0.25) is 0 Å². The van der Waals surface area contributed by atoms with Crippen LogP contribution >= 0.6 is 0 Å². The third kappa shape index (κ3) is 3.37. The number of rotatable bonds is 5. The lowest BCUT2D eigenvalue weighted by atomic mass is 9.46. The average molecular weight is 383 g/mol. The first-order valence-electron chi connectivity index (χ1n) is 12.7. The molecule has 0 bridgehead atoms. The molecule has 0 heteroatoms. The van der Waals surface area contributed by atoms with Gasteiger partial charge in [0.25, 0.3) is 0 Å². The van der Waals surface area contributed by atoms with Crippen molar-refractivity contribution < 1.29 is 0 Å². The maximum atomic E-state index is 3.76. The van der Waals surface area contributed by atoms with Crippen molar-refractivity contribution in [1.29, 1.82) is 0 Å². The van der Waals surface area contributed by atoms with Crippen LogP contribution in [-0.2, 0) is 0 Å². The zero-order valence-corrected chi connectivity index (χ0v) is 19.7. The summed E-state index contributed by atoms with van der Waals surface area (Å²) in [4.78, 5) is 0. The van der Waals surface area contributed by atoms with E-state index in [1.165, 1.54) is 64.2 Å². The summed E-state index contributed by atoms with van der Waals surface area (Å²) >= 11 is 0. The first kappa shape index (κ1) is 20.8. The molecule has 3 saturated carbocycles. The predicted molar refractivity (Wildman–Crippen MR) is 121 cm³/mol. The predicted octanol–water partition coefficient (Wildman–Crippen LogP) is 8.43. The molecule has 28 heavy (non-hydrogen) atoms. The van der Waals surface area contributed by atoms with E-state index in [4.69, 9.17) is 0 Å². The van der Waals surface area contributed by atoms with Gasteiger partial charge in [-0.05, 0) is 109 Å². The normalized spacial score (nSPS) is 46.0. The van der Waals surface area contributed by atoms with E-state index >= 15 is 0 Å². The topological polar surface area (TPSA) is 0 Å². The van der Waals surface area contributed by atoms with Crippen molar-refractivity contribution in [2.45, 2.75) is 106 Å². The average Bonchev–Trinajstić information content (AvgIpc) is 2.98. The minimum Gasteiger partial charge on any atom is -0.125 e. The zero-order valence-electron chi connectivity index (χ0n) is 19.7. The summed E-state index contributed by atoms with van der Waals surface area (Å²) in [5.41, 5.74) is 6.54. The lowest BCUT2D eigenvalue weighted by Crippen LogP contribution is -2.50. The van der Waals surface area contributed by atoms with E-state index in [1.807, 2.05) is 0 Å². The molecule has 4 aliphatic rings.